The molecule has 1 saturated heterocycles. The van der Waals surface area contributed by atoms with E-state index in [0.717, 1.165) is 69.5 Å². The SMILES string of the molecule is CCc1cc(/C(C)=N/OCc2ccc(C3CCCCC3)c(C(F)(F)F)c2)ccc1CN1CC(CS)C1. The quantitative estimate of drug-likeness (QED) is 0.210. The van der Waals surface area contributed by atoms with Crippen LogP contribution in [0.3, 0.4) is 0 Å². The molecule has 0 radical (unpaired) electrons. The van der Waals surface area contributed by atoms with Gasteiger partial charge < -0.3 is 4.84 Å². The first kappa shape index (κ1) is 27.1. The molecular weight excluding hydrogens is 481 g/mol. The van der Waals surface area contributed by atoms with Gasteiger partial charge in [0, 0.05) is 19.6 Å². The monoisotopic (exact) mass is 518 g/mol. The van der Waals surface area contributed by atoms with Crippen LogP contribution >= 0.6 is 12.6 Å². The molecule has 1 saturated carbocycles. The highest BCUT2D eigenvalue weighted by Gasteiger charge is 2.35. The standard InChI is InChI=1S/C29H37F3N2OS/c1-3-23-14-25(10-11-26(23)17-34-15-22(16-34)19-36)20(2)33-35-18-21-9-12-27(24-7-5-4-6-8-24)28(13-21)29(30,31)32/h9-14,22,24,36H,3-8,15-19H2,1-2H3/b33-20+. The van der Waals surface area contributed by atoms with Gasteiger partial charge in [0.25, 0.3) is 0 Å². The molecular formula is C29H37F3N2OS. The molecule has 2 aromatic rings. The smallest absolute Gasteiger partial charge is 0.391 e. The van der Waals surface area contributed by atoms with E-state index in [-0.39, 0.29) is 12.5 Å². The highest BCUT2D eigenvalue weighted by Crippen LogP contribution is 2.41. The Morgan fingerprint density at radius 2 is 1.81 bits per heavy atom. The van der Waals surface area contributed by atoms with Crippen LogP contribution in [0.25, 0.3) is 0 Å². The number of likely N-dealkylation sites (tertiary alicyclic amines) is 1. The molecule has 36 heavy (non-hydrogen) atoms. The third-order valence-electron chi connectivity index (χ3n) is 7.59. The zero-order valence-electron chi connectivity index (χ0n) is 21.3. The summed E-state index contributed by atoms with van der Waals surface area (Å²) in [5.41, 5.74) is 4.67. The van der Waals surface area contributed by atoms with Crippen molar-refractivity contribution < 1.29 is 18.0 Å². The minimum atomic E-state index is -4.37. The molecule has 196 valence electrons. The van der Waals surface area contributed by atoms with Crippen LogP contribution in [0.1, 0.15) is 85.3 Å². The van der Waals surface area contributed by atoms with Gasteiger partial charge in [-0.3, -0.25) is 4.90 Å². The summed E-state index contributed by atoms with van der Waals surface area (Å²) >= 11 is 4.38. The summed E-state index contributed by atoms with van der Waals surface area (Å²) in [5.74, 6) is 1.63. The molecule has 0 spiro atoms. The molecule has 0 aromatic heterocycles. The average molecular weight is 519 g/mol. The number of halogens is 3. The third-order valence-corrected chi connectivity index (χ3v) is 8.11. The van der Waals surface area contributed by atoms with Gasteiger partial charge in [0.1, 0.15) is 6.61 Å². The predicted molar refractivity (Wildman–Crippen MR) is 143 cm³/mol. The van der Waals surface area contributed by atoms with Crippen LogP contribution in [0.2, 0.25) is 0 Å². The van der Waals surface area contributed by atoms with Crippen molar-refractivity contribution in [2.45, 2.75) is 77.6 Å². The maximum Gasteiger partial charge on any atom is 0.416 e. The van der Waals surface area contributed by atoms with Crippen LogP contribution < -0.4 is 0 Å². The fourth-order valence-electron chi connectivity index (χ4n) is 5.46. The van der Waals surface area contributed by atoms with E-state index >= 15 is 0 Å². The Morgan fingerprint density at radius 3 is 2.47 bits per heavy atom. The molecule has 0 amide bonds. The number of oxime groups is 1. The lowest BCUT2D eigenvalue weighted by molar-refractivity contribution is -0.138. The normalized spacial score (nSPS) is 18.3. The van der Waals surface area contributed by atoms with E-state index in [1.54, 1.807) is 12.1 Å². The largest absolute Gasteiger partial charge is 0.416 e. The van der Waals surface area contributed by atoms with Crippen LogP contribution in [-0.4, -0.2) is 29.5 Å². The summed E-state index contributed by atoms with van der Waals surface area (Å²) in [7, 11) is 0. The molecule has 3 nitrogen and oxygen atoms in total. The Hall–Kier alpha value is -1.99. The third kappa shape index (κ3) is 6.65. The van der Waals surface area contributed by atoms with Gasteiger partial charge in [0.15, 0.2) is 0 Å². The Balaban J connectivity index is 1.41. The molecule has 0 bridgehead atoms. The summed E-state index contributed by atoms with van der Waals surface area (Å²) in [4.78, 5) is 7.95. The first-order chi connectivity index (χ1) is 17.3. The molecule has 0 N–H and O–H groups in total. The van der Waals surface area contributed by atoms with Gasteiger partial charge in [-0.2, -0.15) is 25.8 Å². The zero-order valence-corrected chi connectivity index (χ0v) is 22.2. The van der Waals surface area contributed by atoms with E-state index in [2.05, 4.69) is 41.7 Å². The van der Waals surface area contributed by atoms with Crippen LogP contribution in [0, 0.1) is 5.92 Å². The fraction of sp³-hybridized carbons (Fsp3) is 0.552. The van der Waals surface area contributed by atoms with E-state index in [1.165, 1.54) is 17.2 Å². The summed E-state index contributed by atoms with van der Waals surface area (Å²) in [5, 5.41) is 4.22. The van der Waals surface area contributed by atoms with Crippen molar-refractivity contribution in [2.24, 2.45) is 11.1 Å². The van der Waals surface area contributed by atoms with Crippen molar-refractivity contribution >= 4 is 18.3 Å². The van der Waals surface area contributed by atoms with Crippen molar-refractivity contribution in [1.82, 2.24) is 4.90 Å². The molecule has 1 aliphatic heterocycles. The summed E-state index contributed by atoms with van der Waals surface area (Å²) in [6, 6.07) is 11.0. The molecule has 2 fully saturated rings. The van der Waals surface area contributed by atoms with Crippen LogP contribution in [0.4, 0.5) is 13.2 Å². The fourth-order valence-corrected chi connectivity index (χ4v) is 5.69. The molecule has 2 aromatic carbocycles. The zero-order chi connectivity index (χ0) is 25.7. The topological polar surface area (TPSA) is 24.8 Å². The summed E-state index contributed by atoms with van der Waals surface area (Å²) in [6.45, 7) is 7.16. The first-order valence-electron chi connectivity index (χ1n) is 13.1. The van der Waals surface area contributed by atoms with Crippen LogP contribution in [-0.2, 0) is 30.6 Å². The van der Waals surface area contributed by atoms with E-state index < -0.39 is 11.7 Å². The molecule has 0 atom stereocenters. The second kappa shape index (κ2) is 12.0. The maximum atomic E-state index is 13.8. The number of rotatable bonds is 9. The molecule has 7 heteroatoms. The van der Waals surface area contributed by atoms with Gasteiger partial charge in [-0.05, 0) is 83.7 Å². The predicted octanol–water partition coefficient (Wildman–Crippen LogP) is 7.62. The van der Waals surface area contributed by atoms with E-state index in [9.17, 15) is 13.2 Å². The minimum Gasteiger partial charge on any atom is -0.391 e. The van der Waals surface area contributed by atoms with E-state index in [0.29, 0.717) is 22.8 Å². The number of thiol groups is 1. The Bertz CT molecular complexity index is 1060. The van der Waals surface area contributed by atoms with Crippen molar-refractivity contribution in [3.8, 4) is 0 Å². The molecule has 2 aliphatic rings. The lowest BCUT2D eigenvalue weighted by Crippen LogP contribution is -2.46. The van der Waals surface area contributed by atoms with Crippen molar-refractivity contribution in [2.75, 3.05) is 18.8 Å². The number of hydrogen-bond donors (Lipinski definition) is 1. The van der Waals surface area contributed by atoms with Gasteiger partial charge in [-0.25, -0.2) is 0 Å². The highest BCUT2D eigenvalue weighted by atomic mass is 32.1. The van der Waals surface area contributed by atoms with E-state index in [4.69, 9.17) is 4.84 Å². The summed E-state index contributed by atoms with van der Waals surface area (Å²) in [6.07, 6.45) is 1.31. The number of benzene rings is 2. The van der Waals surface area contributed by atoms with Gasteiger partial charge in [0.2, 0.25) is 0 Å². The van der Waals surface area contributed by atoms with Gasteiger partial charge in [-0.1, -0.05) is 55.6 Å². The second-order valence-electron chi connectivity index (χ2n) is 10.3. The Labute approximate surface area is 218 Å². The lowest BCUT2D eigenvalue weighted by Gasteiger charge is -2.39. The number of aryl methyl sites for hydroxylation is 1. The van der Waals surface area contributed by atoms with Gasteiger partial charge in [-0.15, -0.1) is 0 Å². The number of alkyl halides is 3. The minimum absolute atomic E-state index is 0.00531. The second-order valence-corrected chi connectivity index (χ2v) is 10.6. The Kier molecular flexibility index (Phi) is 9.05. The number of hydrogen-bond acceptors (Lipinski definition) is 4. The molecule has 0 unspecified atom stereocenters. The molecule has 1 aliphatic carbocycles. The lowest BCUT2D eigenvalue weighted by atomic mass is 9.81. The van der Waals surface area contributed by atoms with Crippen LogP contribution in [0.15, 0.2) is 41.6 Å². The van der Waals surface area contributed by atoms with Gasteiger partial charge >= 0.3 is 6.18 Å². The van der Waals surface area contributed by atoms with Crippen molar-refractivity contribution in [3.05, 3.63) is 69.8 Å². The maximum absolute atomic E-state index is 13.8. The molecule has 4 rings (SSSR count). The summed E-state index contributed by atoms with van der Waals surface area (Å²) < 4.78 is 41.5. The number of nitrogens with zero attached hydrogens (tertiary/aromatic N) is 2. The van der Waals surface area contributed by atoms with Crippen molar-refractivity contribution in [1.29, 1.82) is 0 Å². The average Bonchev–Trinajstić information content (AvgIpc) is 2.85. The Morgan fingerprint density at radius 1 is 1.06 bits per heavy atom. The van der Waals surface area contributed by atoms with E-state index in [1.807, 2.05) is 13.0 Å². The van der Waals surface area contributed by atoms with Gasteiger partial charge in [0.05, 0.1) is 11.3 Å². The van der Waals surface area contributed by atoms with Crippen LogP contribution in [0.5, 0.6) is 0 Å². The van der Waals surface area contributed by atoms with Crippen molar-refractivity contribution in [3.63, 3.8) is 0 Å². The highest BCUT2D eigenvalue weighted by molar-refractivity contribution is 7.80. The molecule has 1 heterocycles. The first-order valence-corrected chi connectivity index (χ1v) is 13.7.